The van der Waals surface area contributed by atoms with Crippen molar-refractivity contribution in [2.24, 2.45) is 11.7 Å². The van der Waals surface area contributed by atoms with Crippen molar-refractivity contribution in [3.05, 3.63) is 16.5 Å². The number of hydrogen-bond donors (Lipinski definition) is 1. The Balaban J connectivity index is 2.10. The Labute approximate surface area is 134 Å². The summed E-state index contributed by atoms with van der Waals surface area (Å²) in [4.78, 5) is 22.4. The first kappa shape index (κ1) is 16.2. The van der Waals surface area contributed by atoms with Gasteiger partial charge in [-0.25, -0.2) is 9.97 Å². The second-order valence-electron chi connectivity index (χ2n) is 6.72. The third-order valence-electron chi connectivity index (χ3n) is 3.78. The Morgan fingerprint density at radius 2 is 2.00 bits per heavy atom. The average Bonchev–Trinajstić information content (AvgIpc) is 2.37. The van der Waals surface area contributed by atoms with E-state index in [-0.39, 0.29) is 11.3 Å². The van der Waals surface area contributed by atoms with E-state index < -0.39 is 0 Å². The Bertz CT molecular complexity index is 519. The van der Waals surface area contributed by atoms with Gasteiger partial charge < -0.3 is 10.6 Å². The first-order valence-electron chi connectivity index (χ1n) is 7.34. The number of carbonyl (C=O) groups excluding carboxylic acids is 1. The number of anilines is 1. The predicted molar refractivity (Wildman–Crippen MR) is 87.2 cm³/mol. The van der Waals surface area contributed by atoms with Gasteiger partial charge in [-0.1, -0.05) is 20.8 Å². The van der Waals surface area contributed by atoms with Crippen molar-refractivity contribution in [1.82, 2.24) is 9.97 Å². The first-order chi connectivity index (χ1) is 9.75. The molecule has 21 heavy (non-hydrogen) atoms. The Morgan fingerprint density at radius 3 is 2.52 bits per heavy atom. The fraction of sp³-hybridized carbons (Fsp3) is 0.667. The lowest BCUT2D eigenvalue weighted by Gasteiger charge is -2.33. The topological polar surface area (TPSA) is 72.1 Å². The quantitative estimate of drug-likeness (QED) is 0.846. The van der Waals surface area contributed by atoms with Gasteiger partial charge in [0.2, 0.25) is 5.91 Å². The SMILES string of the molecule is CC(C)(C)c1nc(Br)cc(N2CCC(CC(N)=O)CC2)n1. The van der Waals surface area contributed by atoms with Crippen LogP contribution in [0.3, 0.4) is 0 Å². The van der Waals surface area contributed by atoms with Crippen LogP contribution in [0.25, 0.3) is 0 Å². The van der Waals surface area contributed by atoms with Crippen LogP contribution in [0.4, 0.5) is 5.82 Å². The van der Waals surface area contributed by atoms with E-state index in [1.807, 2.05) is 6.07 Å². The molecule has 6 heteroatoms. The van der Waals surface area contributed by atoms with Gasteiger partial charge >= 0.3 is 0 Å². The zero-order valence-electron chi connectivity index (χ0n) is 12.9. The molecule has 1 aliphatic rings. The highest BCUT2D eigenvalue weighted by atomic mass is 79.9. The summed E-state index contributed by atoms with van der Waals surface area (Å²) in [6, 6.07) is 1.96. The second kappa shape index (κ2) is 6.30. The molecule has 2 heterocycles. The second-order valence-corrected chi connectivity index (χ2v) is 7.54. The molecule has 1 aromatic heterocycles. The van der Waals surface area contributed by atoms with Crippen LogP contribution in [0.2, 0.25) is 0 Å². The highest BCUT2D eigenvalue weighted by Crippen LogP contribution is 2.28. The maximum absolute atomic E-state index is 11.0. The summed E-state index contributed by atoms with van der Waals surface area (Å²) in [7, 11) is 0. The molecule has 1 aromatic rings. The number of halogens is 1. The van der Waals surface area contributed by atoms with E-state index in [1.165, 1.54) is 0 Å². The molecule has 0 atom stereocenters. The van der Waals surface area contributed by atoms with Gasteiger partial charge in [-0.2, -0.15) is 0 Å². The summed E-state index contributed by atoms with van der Waals surface area (Å²) < 4.78 is 0.816. The molecule has 0 bridgehead atoms. The molecule has 5 nitrogen and oxygen atoms in total. The monoisotopic (exact) mass is 354 g/mol. The molecule has 0 saturated carbocycles. The van der Waals surface area contributed by atoms with E-state index >= 15 is 0 Å². The number of rotatable bonds is 3. The fourth-order valence-electron chi connectivity index (χ4n) is 2.55. The largest absolute Gasteiger partial charge is 0.370 e. The number of nitrogens with zero attached hydrogens (tertiary/aromatic N) is 3. The predicted octanol–water partition coefficient (Wildman–Crippen LogP) is 2.63. The summed E-state index contributed by atoms with van der Waals surface area (Å²) in [5.41, 5.74) is 5.20. The maximum Gasteiger partial charge on any atom is 0.217 e. The van der Waals surface area contributed by atoms with Gasteiger partial charge in [-0.3, -0.25) is 4.79 Å². The van der Waals surface area contributed by atoms with Crippen molar-refractivity contribution >= 4 is 27.7 Å². The Morgan fingerprint density at radius 1 is 1.38 bits per heavy atom. The lowest BCUT2D eigenvalue weighted by atomic mass is 9.93. The molecule has 0 unspecified atom stereocenters. The van der Waals surface area contributed by atoms with Crippen molar-refractivity contribution in [2.45, 2.75) is 45.4 Å². The van der Waals surface area contributed by atoms with Gasteiger partial charge in [0.05, 0.1) is 0 Å². The molecule has 0 aromatic carbocycles. The van der Waals surface area contributed by atoms with Crippen LogP contribution >= 0.6 is 15.9 Å². The van der Waals surface area contributed by atoms with Crippen LogP contribution in [0.5, 0.6) is 0 Å². The van der Waals surface area contributed by atoms with Gasteiger partial charge in [-0.05, 0) is 34.7 Å². The zero-order chi connectivity index (χ0) is 15.6. The van der Waals surface area contributed by atoms with Gasteiger partial charge in [0.25, 0.3) is 0 Å². The molecule has 1 amide bonds. The van der Waals surface area contributed by atoms with E-state index in [0.717, 1.165) is 42.2 Å². The van der Waals surface area contributed by atoms with E-state index in [9.17, 15) is 4.79 Å². The van der Waals surface area contributed by atoms with Crippen LogP contribution < -0.4 is 10.6 Å². The van der Waals surface area contributed by atoms with Gasteiger partial charge in [0.1, 0.15) is 16.2 Å². The zero-order valence-corrected chi connectivity index (χ0v) is 14.5. The van der Waals surface area contributed by atoms with Crippen molar-refractivity contribution in [3.63, 3.8) is 0 Å². The molecule has 2 N–H and O–H groups in total. The molecule has 0 aliphatic carbocycles. The standard InChI is InChI=1S/C15H23BrN4O/c1-15(2,3)14-18-11(16)9-13(19-14)20-6-4-10(5-7-20)8-12(17)21/h9-10H,4-8H2,1-3H3,(H2,17,21). The van der Waals surface area contributed by atoms with Crippen molar-refractivity contribution in [1.29, 1.82) is 0 Å². The van der Waals surface area contributed by atoms with Crippen LogP contribution in [0, 0.1) is 5.92 Å². The first-order valence-corrected chi connectivity index (χ1v) is 8.13. The van der Waals surface area contributed by atoms with Gasteiger partial charge in [0, 0.05) is 31.0 Å². The normalized spacial score (nSPS) is 17.0. The number of primary amides is 1. The minimum atomic E-state index is -0.201. The molecule has 116 valence electrons. The molecule has 1 fully saturated rings. The van der Waals surface area contributed by atoms with E-state index in [1.54, 1.807) is 0 Å². The van der Waals surface area contributed by atoms with Gasteiger partial charge in [-0.15, -0.1) is 0 Å². The smallest absolute Gasteiger partial charge is 0.217 e. The lowest BCUT2D eigenvalue weighted by Crippen LogP contribution is -2.36. The molecule has 2 rings (SSSR count). The van der Waals surface area contributed by atoms with Crippen LogP contribution in [-0.2, 0) is 10.2 Å². The molecule has 0 spiro atoms. The molecular formula is C15H23BrN4O. The van der Waals surface area contributed by atoms with Crippen LogP contribution in [-0.4, -0.2) is 29.0 Å². The third-order valence-corrected chi connectivity index (χ3v) is 4.19. The molecular weight excluding hydrogens is 332 g/mol. The number of amides is 1. The highest BCUT2D eigenvalue weighted by molar-refractivity contribution is 9.10. The van der Waals surface area contributed by atoms with E-state index in [2.05, 4.69) is 46.6 Å². The van der Waals surface area contributed by atoms with Crippen molar-refractivity contribution < 1.29 is 4.79 Å². The Kier molecular flexibility index (Phi) is 4.86. The van der Waals surface area contributed by atoms with Crippen LogP contribution in [0.1, 0.15) is 45.9 Å². The fourth-order valence-corrected chi connectivity index (χ4v) is 2.93. The van der Waals surface area contributed by atoms with Crippen molar-refractivity contribution in [2.75, 3.05) is 18.0 Å². The van der Waals surface area contributed by atoms with E-state index in [4.69, 9.17) is 10.7 Å². The average molecular weight is 355 g/mol. The number of hydrogen-bond acceptors (Lipinski definition) is 4. The Hall–Kier alpha value is -1.17. The number of carbonyl (C=O) groups is 1. The number of nitrogens with two attached hydrogens (primary N) is 1. The molecule has 1 aliphatic heterocycles. The summed E-state index contributed by atoms with van der Waals surface area (Å²) >= 11 is 3.48. The number of piperidine rings is 1. The number of aromatic nitrogens is 2. The van der Waals surface area contributed by atoms with Crippen molar-refractivity contribution in [3.8, 4) is 0 Å². The van der Waals surface area contributed by atoms with E-state index in [0.29, 0.717) is 12.3 Å². The summed E-state index contributed by atoms with van der Waals surface area (Å²) in [6.45, 7) is 8.14. The minimum absolute atomic E-state index is 0.0805. The molecule has 0 radical (unpaired) electrons. The molecule has 1 saturated heterocycles. The summed E-state index contributed by atoms with van der Waals surface area (Å²) in [6.07, 6.45) is 2.46. The van der Waals surface area contributed by atoms with Crippen LogP contribution in [0.15, 0.2) is 10.7 Å². The third kappa shape index (κ3) is 4.40. The van der Waals surface area contributed by atoms with Gasteiger partial charge in [0.15, 0.2) is 0 Å². The summed E-state index contributed by atoms with van der Waals surface area (Å²) in [5, 5.41) is 0. The minimum Gasteiger partial charge on any atom is -0.370 e. The highest BCUT2D eigenvalue weighted by Gasteiger charge is 2.24. The maximum atomic E-state index is 11.0. The summed E-state index contributed by atoms with van der Waals surface area (Å²) in [5.74, 6) is 2.00. The lowest BCUT2D eigenvalue weighted by molar-refractivity contribution is -0.119.